The topological polar surface area (TPSA) is 55.4 Å². The number of allylic oxidation sites excluding steroid dienone is 1. The van der Waals surface area contributed by atoms with Gasteiger partial charge in [-0.1, -0.05) is 19.9 Å². The third-order valence-corrected chi connectivity index (χ3v) is 2.36. The van der Waals surface area contributed by atoms with Gasteiger partial charge >= 0.3 is 5.97 Å². The van der Waals surface area contributed by atoms with Crippen LogP contribution in [-0.4, -0.2) is 24.5 Å². The van der Waals surface area contributed by atoms with Crippen LogP contribution in [0.2, 0.25) is 0 Å². The molecule has 0 spiro atoms. The van der Waals surface area contributed by atoms with Gasteiger partial charge in [0.05, 0.1) is 6.10 Å². The molecule has 98 valence electrons. The number of hydrogen-bond donors (Lipinski definition) is 1. The van der Waals surface area contributed by atoms with Gasteiger partial charge in [-0.3, -0.25) is 4.79 Å². The number of carbonyl (C=O) groups excluding carboxylic acids is 2. The van der Waals surface area contributed by atoms with E-state index in [2.05, 4.69) is 11.9 Å². The second-order valence-corrected chi connectivity index (χ2v) is 4.58. The number of nitrogens with one attached hydrogen (secondary N) is 1. The lowest BCUT2D eigenvalue weighted by atomic mass is 10.0. The van der Waals surface area contributed by atoms with E-state index in [0.717, 1.165) is 12.8 Å². The van der Waals surface area contributed by atoms with Gasteiger partial charge in [0.2, 0.25) is 6.41 Å². The zero-order valence-corrected chi connectivity index (χ0v) is 10.9. The van der Waals surface area contributed by atoms with E-state index in [9.17, 15) is 9.59 Å². The van der Waals surface area contributed by atoms with Gasteiger partial charge in [-0.2, -0.15) is 0 Å². The Balaban J connectivity index is 4.20. The molecular formula is C13H23NO3. The molecule has 4 heteroatoms. The van der Waals surface area contributed by atoms with E-state index >= 15 is 0 Å². The van der Waals surface area contributed by atoms with E-state index in [1.54, 1.807) is 6.08 Å². The first-order chi connectivity index (χ1) is 8.01. The maximum Gasteiger partial charge on any atom is 0.328 e. The predicted octanol–water partition coefficient (Wildman–Crippen LogP) is 2.04. The zero-order chi connectivity index (χ0) is 13.3. The van der Waals surface area contributed by atoms with E-state index in [4.69, 9.17) is 4.74 Å². The van der Waals surface area contributed by atoms with Crippen LogP contribution in [0.5, 0.6) is 0 Å². The van der Waals surface area contributed by atoms with Gasteiger partial charge in [-0.05, 0) is 32.1 Å². The maximum atomic E-state index is 11.8. The smallest absolute Gasteiger partial charge is 0.328 e. The lowest BCUT2D eigenvalue weighted by Gasteiger charge is -2.20. The first-order valence-electron chi connectivity index (χ1n) is 6.02. The van der Waals surface area contributed by atoms with Crippen LogP contribution in [0.3, 0.4) is 0 Å². The standard InChI is InChI=1S/C13H23NO3/c1-5-6-7-11(4)17-13(16)12(14-9-15)8-10(2)3/h5,9-12H,1,6-8H2,2-4H3,(H,14,15)/t11-,12+/m1/s1. The van der Waals surface area contributed by atoms with E-state index in [1.165, 1.54) is 0 Å². The Bertz CT molecular complexity index is 251. The SMILES string of the molecule is C=CCC[C@@H](C)OC(=O)[C@H](CC(C)C)NC=O. The highest BCUT2D eigenvalue weighted by atomic mass is 16.5. The highest BCUT2D eigenvalue weighted by molar-refractivity contribution is 5.78. The molecule has 0 fully saturated rings. The lowest BCUT2D eigenvalue weighted by molar-refractivity contribution is -0.152. The van der Waals surface area contributed by atoms with Gasteiger partial charge < -0.3 is 10.1 Å². The Labute approximate surface area is 103 Å². The normalized spacial score (nSPS) is 13.9. The van der Waals surface area contributed by atoms with Crippen molar-refractivity contribution in [2.24, 2.45) is 5.92 Å². The molecule has 0 unspecified atom stereocenters. The summed E-state index contributed by atoms with van der Waals surface area (Å²) in [4.78, 5) is 22.2. The fraction of sp³-hybridized carbons (Fsp3) is 0.692. The van der Waals surface area contributed by atoms with E-state index in [1.807, 2.05) is 20.8 Å². The van der Waals surface area contributed by atoms with Gasteiger partial charge in [0, 0.05) is 0 Å². The summed E-state index contributed by atoms with van der Waals surface area (Å²) < 4.78 is 5.26. The van der Waals surface area contributed by atoms with Crippen molar-refractivity contribution < 1.29 is 14.3 Å². The third-order valence-electron chi connectivity index (χ3n) is 2.36. The van der Waals surface area contributed by atoms with Crippen LogP contribution in [0.25, 0.3) is 0 Å². The number of amides is 1. The van der Waals surface area contributed by atoms with Gasteiger partial charge in [0.15, 0.2) is 0 Å². The molecule has 0 saturated heterocycles. The number of carbonyl (C=O) groups is 2. The van der Waals surface area contributed by atoms with Gasteiger partial charge in [0.1, 0.15) is 6.04 Å². The highest BCUT2D eigenvalue weighted by Crippen LogP contribution is 2.09. The van der Waals surface area contributed by atoms with Crippen LogP contribution in [-0.2, 0) is 14.3 Å². The van der Waals surface area contributed by atoms with E-state index in [-0.39, 0.29) is 12.1 Å². The van der Waals surface area contributed by atoms with Crippen LogP contribution in [0.15, 0.2) is 12.7 Å². The number of hydrogen-bond acceptors (Lipinski definition) is 3. The van der Waals surface area contributed by atoms with Crippen LogP contribution in [0, 0.1) is 5.92 Å². The predicted molar refractivity (Wildman–Crippen MR) is 67.4 cm³/mol. The second-order valence-electron chi connectivity index (χ2n) is 4.58. The Morgan fingerprint density at radius 2 is 2.06 bits per heavy atom. The molecule has 0 aromatic carbocycles. The Kier molecular flexibility index (Phi) is 8.11. The van der Waals surface area contributed by atoms with E-state index in [0.29, 0.717) is 18.7 Å². The minimum atomic E-state index is -0.543. The van der Waals surface area contributed by atoms with Crippen molar-refractivity contribution in [2.75, 3.05) is 0 Å². The van der Waals surface area contributed by atoms with Crippen LogP contribution < -0.4 is 5.32 Å². The first kappa shape index (κ1) is 15.7. The first-order valence-corrected chi connectivity index (χ1v) is 6.02. The molecule has 0 aromatic rings. The largest absolute Gasteiger partial charge is 0.461 e. The molecule has 0 rings (SSSR count). The summed E-state index contributed by atoms with van der Waals surface area (Å²) in [5.74, 6) is -0.0363. The highest BCUT2D eigenvalue weighted by Gasteiger charge is 2.22. The summed E-state index contributed by atoms with van der Waals surface area (Å²) in [7, 11) is 0. The number of ether oxygens (including phenoxy) is 1. The molecule has 1 N–H and O–H groups in total. The zero-order valence-electron chi connectivity index (χ0n) is 10.9. The Morgan fingerprint density at radius 3 is 2.53 bits per heavy atom. The maximum absolute atomic E-state index is 11.8. The third kappa shape index (κ3) is 7.55. The molecule has 0 saturated carbocycles. The minimum Gasteiger partial charge on any atom is -0.461 e. The van der Waals surface area contributed by atoms with Crippen molar-refractivity contribution in [1.29, 1.82) is 0 Å². The molecule has 0 radical (unpaired) electrons. The Hall–Kier alpha value is -1.32. The van der Waals surface area contributed by atoms with Crippen molar-refractivity contribution in [2.45, 2.75) is 52.2 Å². The molecule has 4 nitrogen and oxygen atoms in total. The monoisotopic (exact) mass is 241 g/mol. The molecule has 2 atom stereocenters. The van der Waals surface area contributed by atoms with Gasteiger partial charge in [-0.25, -0.2) is 4.79 Å². The van der Waals surface area contributed by atoms with Crippen molar-refractivity contribution in [3.63, 3.8) is 0 Å². The average molecular weight is 241 g/mol. The number of rotatable bonds is 9. The summed E-state index contributed by atoms with van der Waals surface area (Å²) in [5, 5.41) is 2.50. The molecule has 0 aliphatic carbocycles. The number of esters is 1. The Morgan fingerprint density at radius 1 is 1.41 bits per heavy atom. The second kappa shape index (κ2) is 8.79. The summed E-state index contributed by atoms with van der Waals surface area (Å²) in [6.07, 6.45) is 4.34. The van der Waals surface area contributed by atoms with E-state index < -0.39 is 6.04 Å². The molecule has 0 heterocycles. The molecule has 0 bridgehead atoms. The lowest BCUT2D eigenvalue weighted by Crippen LogP contribution is -2.39. The fourth-order valence-corrected chi connectivity index (χ4v) is 1.48. The molecule has 0 aliphatic rings. The van der Waals surface area contributed by atoms with Crippen molar-refractivity contribution >= 4 is 12.4 Å². The molecule has 1 amide bonds. The molecule has 0 aliphatic heterocycles. The summed E-state index contributed by atoms with van der Waals surface area (Å²) >= 11 is 0. The average Bonchev–Trinajstić information content (AvgIpc) is 2.25. The quantitative estimate of drug-likeness (QED) is 0.382. The summed E-state index contributed by atoms with van der Waals surface area (Å²) in [6.45, 7) is 9.45. The minimum absolute atomic E-state index is 0.149. The molecular weight excluding hydrogens is 218 g/mol. The fourth-order valence-electron chi connectivity index (χ4n) is 1.48. The van der Waals surface area contributed by atoms with Crippen molar-refractivity contribution in [1.82, 2.24) is 5.32 Å². The van der Waals surface area contributed by atoms with Gasteiger partial charge in [-0.15, -0.1) is 6.58 Å². The van der Waals surface area contributed by atoms with Crippen LogP contribution in [0.4, 0.5) is 0 Å². The van der Waals surface area contributed by atoms with Crippen LogP contribution in [0.1, 0.15) is 40.0 Å². The summed E-state index contributed by atoms with van der Waals surface area (Å²) in [5.41, 5.74) is 0. The summed E-state index contributed by atoms with van der Waals surface area (Å²) in [6, 6.07) is -0.543. The molecule has 0 aromatic heterocycles. The van der Waals surface area contributed by atoms with Crippen molar-refractivity contribution in [3.05, 3.63) is 12.7 Å². The van der Waals surface area contributed by atoms with Gasteiger partial charge in [0.25, 0.3) is 0 Å². The van der Waals surface area contributed by atoms with Crippen LogP contribution >= 0.6 is 0 Å². The molecule has 17 heavy (non-hydrogen) atoms. The van der Waals surface area contributed by atoms with Crippen molar-refractivity contribution in [3.8, 4) is 0 Å².